The Kier molecular flexibility index (Phi) is 2.15. The maximum atomic E-state index is 9.29. The van der Waals surface area contributed by atoms with Crippen molar-refractivity contribution in [2.24, 2.45) is 0 Å². The monoisotopic (exact) mass is 163 g/mol. The average molecular weight is 163 g/mol. The average Bonchev–Trinajstić information content (AvgIpc) is 2.10. The first-order valence-electron chi connectivity index (χ1n) is 3.59. The molecule has 0 saturated carbocycles. The summed E-state index contributed by atoms with van der Waals surface area (Å²) in [6, 6.07) is 4.99. The molecule has 62 valence electrons. The molecule has 0 fully saturated rings. The lowest BCUT2D eigenvalue weighted by molar-refractivity contribution is 0.161. The molecule has 0 aliphatic rings. The van der Waals surface area contributed by atoms with Crippen LogP contribution in [-0.2, 0) is 6.42 Å². The zero-order chi connectivity index (χ0) is 9.14. The van der Waals surface area contributed by atoms with Crippen LogP contribution in [0.25, 0.3) is 0 Å². The van der Waals surface area contributed by atoms with Crippen LogP contribution in [-0.4, -0.2) is 9.94 Å². The van der Waals surface area contributed by atoms with Gasteiger partial charge in [-0.2, -0.15) is 9.99 Å². The fourth-order valence-electron chi connectivity index (χ4n) is 0.945. The maximum Gasteiger partial charge on any atom is 0.178 e. The zero-order valence-corrected chi connectivity index (χ0v) is 6.70. The van der Waals surface area contributed by atoms with Crippen molar-refractivity contribution >= 4 is 0 Å². The van der Waals surface area contributed by atoms with E-state index in [1.165, 1.54) is 6.07 Å². The number of hydrogen-bond acceptors (Lipinski definition) is 3. The summed E-state index contributed by atoms with van der Waals surface area (Å²) in [5, 5.41) is 25.1. The largest absolute Gasteiger partial charge is 0.427 e. The highest BCUT2D eigenvalue weighted by Gasteiger charge is 2.01. The number of hydrogen-bond donors (Lipinski definition) is 2. The molecule has 1 aromatic heterocycles. The molecular weight excluding hydrogens is 154 g/mol. The first-order chi connectivity index (χ1) is 5.70. The molecule has 1 rings (SSSR count). The molecule has 0 bridgehead atoms. The number of nitrogens with one attached hydrogen (secondary N) is 1. The third kappa shape index (κ3) is 1.17. The molecular formula is C8H9N3O. The number of nitriles is 1. The summed E-state index contributed by atoms with van der Waals surface area (Å²) in [5.41, 5.74) is 0.644. The van der Waals surface area contributed by atoms with Crippen LogP contribution in [0.5, 0.6) is 0 Å². The summed E-state index contributed by atoms with van der Waals surface area (Å²) in [6.07, 6.45) is 0.633. The first-order valence-corrected chi connectivity index (χ1v) is 3.59. The van der Waals surface area contributed by atoms with E-state index in [0.717, 1.165) is 4.73 Å². The Morgan fingerprint density at radius 3 is 2.83 bits per heavy atom. The van der Waals surface area contributed by atoms with Crippen molar-refractivity contribution in [2.45, 2.75) is 13.3 Å². The summed E-state index contributed by atoms with van der Waals surface area (Å²) in [6.45, 7) is 1.87. The first kappa shape index (κ1) is 8.34. The molecule has 4 heteroatoms. The van der Waals surface area contributed by atoms with Crippen LogP contribution in [0, 0.1) is 16.7 Å². The van der Waals surface area contributed by atoms with Crippen LogP contribution in [0.4, 0.5) is 0 Å². The highest BCUT2D eigenvalue weighted by Crippen LogP contribution is 1.97. The van der Waals surface area contributed by atoms with Gasteiger partial charge < -0.3 is 5.21 Å². The predicted molar refractivity (Wildman–Crippen MR) is 41.6 cm³/mol. The molecule has 0 aromatic carbocycles. The van der Waals surface area contributed by atoms with Gasteiger partial charge in [0.05, 0.1) is 11.3 Å². The molecule has 0 amide bonds. The van der Waals surface area contributed by atoms with Gasteiger partial charge in [-0.05, 0) is 18.6 Å². The molecule has 2 N–H and O–H groups in total. The van der Waals surface area contributed by atoms with Crippen molar-refractivity contribution in [3.63, 3.8) is 0 Å². The van der Waals surface area contributed by atoms with Crippen LogP contribution >= 0.6 is 0 Å². The van der Waals surface area contributed by atoms with E-state index in [-0.39, 0.29) is 11.1 Å². The van der Waals surface area contributed by atoms with Crippen LogP contribution in [0.3, 0.4) is 0 Å². The summed E-state index contributed by atoms with van der Waals surface area (Å²) in [4.78, 5) is 0. The second-order valence-electron chi connectivity index (χ2n) is 2.36. The third-order valence-electron chi connectivity index (χ3n) is 1.66. The van der Waals surface area contributed by atoms with Crippen molar-refractivity contribution < 1.29 is 5.21 Å². The SMILES string of the molecule is CCc1ccc(C#N)c(=N)n1O. The summed E-state index contributed by atoms with van der Waals surface area (Å²) < 4.78 is 0.735. The van der Waals surface area contributed by atoms with Crippen molar-refractivity contribution in [1.82, 2.24) is 4.73 Å². The minimum absolute atomic E-state index is 0.156. The van der Waals surface area contributed by atoms with Crippen LogP contribution in [0.2, 0.25) is 0 Å². The van der Waals surface area contributed by atoms with Gasteiger partial charge in [0.15, 0.2) is 5.49 Å². The number of rotatable bonds is 1. The lowest BCUT2D eigenvalue weighted by Crippen LogP contribution is -2.23. The minimum atomic E-state index is -0.156. The molecule has 0 saturated heterocycles. The molecule has 0 spiro atoms. The van der Waals surface area contributed by atoms with Gasteiger partial charge in [-0.25, -0.2) is 0 Å². The number of aromatic nitrogens is 1. The third-order valence-corrected chi connectivity index (χ3v) is 1.66. The van der Waals surface area contributed by atoms with Crippen molar-refractivity contribution in [3.05, 3.63) is 28.9 Å². The standard InChI is InChI=1S/C8H9N3O/c1-2-7-4-3-6(5-9)8(10)11(7)12/h3-4,10,12H,2H2,1H3. The highest BCUT2D eigenvalue weighted by atomic mass is 16.5. The lowest BCUT2D eigenvalue weighted by atomic mass is 10.2. The number of pyridine rings is 1. The van der Waals surface area contributed by atoms with E-state index >= 15 is 0 Å². The number of aryl methyl sites for hydroxylation is 1. The quantitative estimate of drug-likeness (QED) is 0.596. The maximum absolute atomic E-state index is 9.29. The van der Waals surface area contributed by atoms with Gasteiger partial charge in [0.25, 0.3) is 0 Å². The fraction of sp³-hybridized carbons (Fsp3) is 0.250. The molecule has 0 unspecified atom stereocenters. The molecule has 1 heterocycles. The summed E-state index contributed by atoms with van der Waals surface area (Å²) in [7, 11) is 0. The van der Waals surface area contributed by atoms with Crippen LogP contribution in [0.1, 0.15) is 18.2 Å². The van der Waals surface area contributed by atoms with Gasteiger partial charge in [-0.3, -0.25) is 5.41 Å². The molecule has 1 aromatic rings. The Bertz CT molecular complexity index is 386. The van der Waals surface area contributed by atoms with Gasteiger partial charge in [-0.15, -0.1) is 0 Å². The molecule has 0 radical (unpaired) electrons. The molecule has 0 aliphatic carbocycles. The fourth-order valence-corrected chi connectivity index (χ4v) is 0.945. The molecule has 4 nitrogen and oxygen atoms in total. The van der Waals surface area contributed by atoms with Crippen molar-refractivity contribution in [2.75, 3.05) is 0 Å². The molecule has 0 atom stereocenters. The van der Waals surface area contributed by atoms with Crippen LogP contribution in [0.15, 0.2) is 12.1 Å². The van der Waals surface area contributed by atoms with E-state index in [1.54, 1.807) is 6.07 Å². The van der Waals surface area contributed by atoms with Crippen LogP contribution < -0.4 is 5.49 Å². The van der Waals surface area contributed by atoms with Gasteiger partial charge >= 0.3 is 0 Å². The second kappa shape index (κ2) is 3.09. The van der Waals surface area contributed by atoms with E-state index in [1.807, 2.05) is 13.0 Å². The summed E-state index contributed by atoms with van der Waals surface area (Å²) >= 11 is 0. The second-order valence-corrected chi connectivity index (χ2v) is 2.36. The van der Waals surface area contributed by atoms with Crippen molar-refractivity contribution in [3.8, 4) is 6.07 Å². The Balaban J connectivity index is 3.43. The molecule has 12 heavy (non-hydrogen) atoms. The van der Waals surface area contributed by atoms with E-state index in [2.05, 4.69) is 0 Å². The Morgan fingerprint density at radius 1 is 1.67 bits per heavy atom. The highest BCUT2D eigenvalue weighted by molar-refractivity contribution is 5.26. The van der Waals surface area contributed by atoms with E-state index < -0.39 is 0 Å². The predicted octanol–water partition coefficient (Wildman–Crippen LogP) is 0.639. The smallest absolute Gasteiger partial charge is 0.178 e. The molecule has 0 aliphatic heterocycles. The van der Waals surface area contributed by atoms with E-state index in [4.69, 9.17) is 10.7 Å². The van der Waals surface area contributed by atoms with Gasteiger partial charge in [0.2, 0.25) is 0 Å². The number of nitrogens with zero attached hydrogens (tertiary/aromatic N) is 2. The lowest BCUT2D eigenvalue weighted by Gasteiger charge is -2.04. The zero-order valence-electron chi connectivity index (χ0n) is 6.70. The van der Waals surface area contributed by atoms with Gasteiger partial charge in [0.1, 0.15) is 6.07 Å². The minimum Gasteiger partial charge on any atom is -0.427 e. The van der Waals surface area contributed by atoms with Gasteiger partial charge in [0, 0.05) is 0 Å². The topological polar surface area (TPSA) is 72.8 Å². The van der Waals surface area contributed by atoms with E-state index in [9.17, 15) is 5.21 Å². The normalized spacial score (nSPS) is 9.33. The Hall–Kier alpha value is -1.76. The summed E-state index contributed by atoms with van der Waals surface area (Å²) in [5.74, 6) is 0. The Morgan fingerprint density at radius 2 is 2.33 bits per heavy atom. The van der Waals surface area contributed by atoms with Gasteiger partial charge in [-0.1, -0.05) is 6.92 Å². The Labute approximate surface area is 69.8 Å². The van der Waals surface area contributed by atoms with Crippen molar-refractivity contribution in [1.29, 1.82) is 10.7 Å². The van der Waals surface area contributed by atoms with E-state index in [0.29, 0.717) is 12.1 Å².